The Bertz CT molecular complexity index is 2010. The number of likely N-dealkylation sites (tertiary alicyclic amines) is 1. The molecule has 4 aliphatic rings. The molecule has 8 rings (SSSR count). The van der Waals surface area contributed by atoms with Crippen LogP contribution in [0.2, 0.25) is 0 Å². The van der Waals surface area contributed by atoms with E-state index < -0.39 is 12.1 Å². The molecule has 1 saturated carbocycles. The number of H-pyrrole nitrogens is 2. The second kappa shape index (κ2) is 15.3. The summed E-state index contributed by atoms with van der Waals surface area (Å²) in [6, 6.07) is 16.0. The normalized spacial score (nSPS) is 22.9. The minimum Gasteiger partial charge on any atom is -0.453 e. The van der Waals surface area contributed by atoms with E-state index in [1.165, 1.54) is 20.0 Å². The molecule has 0 radical (unpaired) electrons. The highest BCUT2D eigenvalue weighted by atomic mass is 16.5. The molecule has 4 atom stereocenters. The molecule has 55 heavy (non-hydrogen) atoms. The number of rotatable bonds is 7. The van der Waals surface area contributed by atoms with Gasteiger partial charge < -0.3 is 34.6 Å². The number of alkyl carbamates (subject to hydrolysis) is 1. The first-order chi connectivity index (χ1) is 26.6. The fraction of sp³-hybridized carbons (Fsp3) is 0.512. The average molecular weight is 748 g/mol. The Labute approximate surface area is 322 Å². The van der Waals surface area contributed by atoms with Crippen LogP contribution in [0.4, 0.5) is 4.79 Å². The number of carbonyl (C=O) groups is 3. The summed E-state index contributed by atoms with van der Waals surface area (Å²) < 4.78 is 10.9. The number of hydrogen-bond donors (Lipinski definition) is 3. The average Bonchev–Trinajstić information content (AvgIpc) is 3.69. The van der Waals surface area contributed by atoms with Crippen LogP contribution < -0.4 is 5.32 Å². The van der Waals surface area contributed by atoms with Crippen molar-refractivity contribution in [3.63, 3.8) is 0 Å². The first-order valence-electron chi connectivity index (χ1n) is 20.0. The second-order valence-corrected chi connectivity index (χ2v) is 16.4. The van der Waals surface area contributed by atoms with E-state index in [4.69, 9.17) is 19.4 Å². The summed E-state index contributed by atoms with van der Waals surface area (Å²) in [5, 5.41) is 2.75. The Morgan fingerprint density at radius 3 is 2.31 bits per heavy atom. The molecule has 2 saturated heterocycles. The summed E-state index contributed by atoms with van der Waals surface area (Å²) in [7, 11) is 1.31. The van der Waals surface area contributed by atoms with Gasteiger partial charge >= 0.3 is 6.09 Å². The maximum Gasteiger partial charge on any atom is 0.407 e. The molecule has 3 N–H and O–H groups in total. The Morgan fingerprint density at radius 2 is 1.62 bits per heavy atom. The molecule has 3 aliphatic heterocycles. The number of aromatic nitrogens is 4. The minimum absolute atomic E-state index is 0.00599. The van der Waals surface area contributed by atoms with Crippen LogP contribution in [-0.4, -0.2) is 80.5 Å². The van der Waals surface area contributed by atoms with Crippen LogP contribution in [-0.2, 0) is 25.7 Å². The number of imidazole rings is 2. The summed E-state index contributed by atoms with van der Waals surface area (Å²) in [5.74, 6) is 2.04. The maximum atomic E-state index is 13.7. The molecule has 5 heterocycles. The topological polar surface area (TPSA) is 146 Å². The smallest absolute Gasteiger partial charge is 0.407 e. The van der Waals surface area contributed by atoms with Crippen molar-refractivity contribution in [1.29, 1.82) is 0 Å². The first-order valence-corrected chi connectivity index (χ1v) is 20.0. The van der Waals surface area contributed by atoms with E-state index in [1.54, 1.807) is 0 Å². The molecule has 0 unspecified atom stereocenters. The number of carbonyl (C=O) groups excluding carboxylic acids is 3. The van der Waals surface area contributed by atoms with Crippen molar-refractivity contribution in [2.24, 2.45) is 17.3 Å². The van der Waals surface area contributed by atoms with Gasteiger partial charge in [0.1, 0.15) is 17.7 Å². The fourth-order valence-electron chi connectivity index (χ4n) is 8.56. The van der Waals surface area contributed by atoms with Crippen molar-refractivity contribution in [2.45, 2.75) is 96.9 Å². The second-order valence-electron chi connectivity index (χ2n) is 16.4. The zero-order chi connectivity index (χ0) is 38.3. The largest absolute Gasteiger partial charge is 0.453 e. The van der Waals surface area contributed by atoms with Gasteiger partial charge in [-0.05, 0) is 73.8 Å². The molecule has 4 aromatic rings. The molecule has 12 nitrogen and oxygen atoms in total. The van der Waals surface area contributed by atoms with Gasteiger partial charge in [0.05, 0.1) is 42.9 Å². The van der Waals surface area contributed by atoms with Crippen LogP contribution in [0.25, 0.3) is 33.6 Å². The van der Waals surface area contributed by atoms with Gasteiger partial charge in [-0.25, -0.2) is 14.8 Å². The Morgan fingerprint density at radius 1 is 0.909 bits per heavy atom. The van der Waals surface area contributed by atoms with Crippen molar-refractivity contribution in [1.82, 2.24) is 35.1 Å². The zero-order valence-corrected chi connectivity index (χ0v) is 32.4. The van der Waals surface area contributed by atoms with Crippen molar-refractivity contribution >= 4 is 17.9 Å². The molecule has 3 fully saturated rings. The van der Waals surface area contributed by atoms with E-state index >= 15 is 0 Å². The van der Waals surface area contributed by atoms with Crippen LogP contribution in [0, 0.1) is 17.3 Å². The van der Waals surface area contributed by atoms with E-state index in [9.17, 15) is 14.4 Å². The van der Waals surface area contributed by atoms with Crippen molar-refractivity contribution in [3.05, 3.63) is 72.1 Å². The molecule has 2 bridgehead atoms. The standard InChI is InChI=1S/C43H53N7O5/c1-26(2)27(3)40(51)50-25-43(18-19-43)22-36(50)38-44-23-33(45-38)30-14-10-28(11-15-30)29-12-16-31(17-13-29)37-34-24-55-21-6-5-8-32(47-42(53)54-4)41(52)49-20-7-9-35(49)39(46-34)48-37/h10-17,23,26-27,32,35-36H,5-9,18-22,24-25H2,1-4H3,(H,44,45)(H,46,48)(H,47,53)/t27-,32-,35-,36-/m0/s1. The number of amides is 3. The number of nitrogens with one attached hydrogen (secondary N) is 3. The number of hydrogen-bond acceptors (Lipinski definition) is 7. The van der Waals surface area contributed by atoms with Gasteiger partial charge in [0.2, 0.25) is 11.8 Å². The van der Waals surface area contributed by atoms with Crippen LogP contribution in [0.3, 0.4) is 0 Å². The van der Waals surface area contributed by atoms with Crippen LogP contribution in [0.5, 0.6) is 0 Å². The van der Waals surface area contributed by atoms with Crippen molar-refractivity contribution < 1.29 is 23.9 Å². The number of methoxy groups -OCH3 is 1. The van der Waals surface area contributed by atoms with Crippen molar-refractivity contribution in [3.8, 4) is 33.6 Å². The van der Waals surface area contributed by atoms with Gasteiger partial charge in [-0.1, -0.05) is 69.3 Å². The quantitative estimate of drug-likeness (QED) is 0.177. The lowest BCUT2D eigenvalue weighted by molar-refractivity contribution is -0.137. The number of fused-ring (bicyclic) bond motifs is 4. The van der Waals surface area contributed by atoms with E-state index in [-0.39, 0.29) is 35.2 Å². The third kappa shape index (κ3) is 7.53. The summed E-state index contributed by atoms with van der Waals surface area (Å²) >= 11 is 0. The molecule has 2 aromatic heterocycles. The third-order valence-electron chi connectivity index (χ3n) is 12.4. The summed E-state index contributed by atoms with van der Waals surface area (Å²) in [4.78, 5) is 60.3. The van der Waals surface area contributed by atoms with Gasteiger partial charge in [0.15, 0.2) is 0 Å². The Hall–Kier alpha value is -4.97. The molecule has 1 aliphatic carbocycles. The Kier molecular flexibility index (Phi) is 10.3. The van der Waals surface area contributed by atoms with Gasteiger partial charge in [0.25, 0.3) is 0 Å². The summed E-state index contributed by atoms with van der Waals surface area (Å²) in [5.41, 5.74) is 7.03. The van der Waals surface area contributed by atoms with E-state index in [2.05, 4.69) is 82.6 Å². The van der Waals surface area contributed by atoms with Crippen LogP contribution in [0.1, 0.15) is 102 Å². The zero-order valence-electron chi connectivity index (χ0n) is 32.4. The molecular weight excluding hydrogens is 695 g/mol. The lowest BCUT2D eigenvalue weighted by atomic mass is 9.96. The van der Waals surface area contributed by atoms with E-state index in [0.29, 0.717) is 32.1 Å². The number of nitrogens with zero attached hydrogens (tertiary/aromatic N) is 4. The Balaban J connectivity index is 0.986. The SMILES string of the molecule is COC(=O)N[C@H]1CCCCOCc2[nH]c(nc2-c2ccc(-c3ccc(-c4c[nH]c([C@@H]5CC6(CC6)CN5C(=O)[C@@H](C)C(C)C)n4)cc3)cc2)[C@@H]2CCCN2C1=O. The summed E-state index contributed by atoms with van der Waals surface area (Å²) in [6.45, 7) is 8.66. The fourth-order valence-corrected chi connectivity index (χ4v) is 8.56. The third-order valence-corrected chi connectivity index (χ3v) is 12.4. The van der Waals surface area contributed by atoms with E-state index in [1.807, 2.05) is 18.0 Å². The number of ether oxygens (including phenoxy) is 2. The highest BCUT2D eigenvalue weighted by Crippen LogP contribution is 2.58. The van der Waals surface area contributed by atoms with Crippen molar-refractivity contribution in [2.75, 3.05) is 26.8 Å². The first kappa shape index (κ1) is 37.0. The van der Waals surface area contributed by atoms with Gasteiger partial charge in [0, 0.05) is 42.9 Å². The summed E-state index contributed by atoms with van der Waals surface area (Å²) in [6.07, 6.45) is 8.40. The minimum atomic E-state index is -0.658. The van der Waals surface area contributed by atoms with E-state index in [0.717, 1.165) is 89.6 Å². The van der Waals surface area contributed by atoms with Crippen LogP contribution >= 0.6 is 0 Å². The molecular formula is C43H53N7O5. The lowest BCUT2D eigenvalue weighted by Gasteiger charge is -2.28. The van der Waals surface area contributed by atoms with Gasteiger partial charge in [-0.3, -0.25) is 9.59 Å². The van der Waals surface area contributed by atoms with Crippen LogP contribution in [0.15, 0.2) is 54.7 Å². The predicted molar refractivity (Wildman–Crippen MR) is 208 cm³/mol. The highest BCUT2D eigenvalue weighted by Gasteiger charge is 2.54. The highest BCUT2D eigenvalue weighted by molar-refractivity contribution is 5.86. The number of aromatic amines is 2. The van der Waals surface area contributed by atoms with Gasteiger partial charge in [-0.2, -0.15) is 0 Å². The molecule has 1 spiro atoms. The maximum absolute atomic E-state index is 13.7. The van der Waals surface area contributed by atoms with Gasteiger partial charge in [-0.15, -0.1) is 0 Å². The molecule has 12 heteroatoms. The molecule has 3 amide bonds. The predicted octanol–water partition coefficient (Wildman–Crippen LogP) is 7.57. The lowest BCUT2D eigenvalue weighted by Crippen LogP contribution is -2.48. The monoisotopic (exact) mass is 747 g/mol. The molecule has 2 aromatic carbocycles. The number of benzene rings is 2. The molecule has 290 valence electrons.